The number of amides is 1. The fourth-order valence-corrected chi connectivity index (χ4v) is 2.59. The van der Waals surface area contributed by atoms with Crippen molar-refractivity contribution in [2.45, 2.75) is 26.4 Å². The summed E-state index contributed by atoms with van der Waals surface area (Å²) in [6.45, 7) is 2.89. The van der Waals surface area contributed by atoms with Gasteiger partial charge in [-0.05, 0) is 19.1 Å². The van der Waals surface area contributed by atoms with Gasteiger partial charge in [-0.15, -0.1) is 0 Å². The first kappa shape index (κ1) is 23.5. The Morgan fingerprint density at radius 3 is 2.61 bits per heavy atom. The fraction of sp³-hybridized carbons (Fsp3) is 0.250. The van der Waals surface area contributed by atoms with E-state index in [1.54, 1.807) is 25.1 Å². The highest BCUT2D eigenvalue weighted by Crippen LogP contribution is 2.21. The SMILES string of the molecule is CC(=O)c1cc(-c2ncc(F)c(NC(C)CO)n2)nn1Cc1ccccc1F.NC=O. The summed E-state index contributed by atoms with van der Waals surface area (Å²) < 4.78 is 29.3. The van der Waals surface area contributed by atoms with E-state index in [-0.39, 0.29) is 48.4 Å². The molecule has 0 aliphatic carbocycles. The zero-order chi connectivity index (χ0) is 23.0. The molecule has 9 nitrogen and oxygen atoms in total. The van der Waals surface area contributed by atoms with E-state index in [1.807, 2.05) is 0 Å². The van der Waals surface area contributed by atoms with E-state index in [9.17, 15) is 13.6 Å². The smallest absolute Gasteiger partial charge is 0.204 e. The molecule has 31 heavy (non-hydrogen) atoms. The van der Waals surface area contributed by atoms with Crippen LogP contribution in [0.3, 0.4) is 0 Å². The maximum atomic E-state index is 14.0. The predicted molar refractivity (Wildman–Crippen MR) is 109 cm³/mol. The molecule has 0 aliphatic heterocycles. The monoisotopic (exact) mass is 432 g/mol. The van der Waals surface area contributed by atoms with Crippen molar-refractivity contribution in [3.63, 3.8) is 0 Å². The zero-order valence-electron chi connectivity index (χ0n) is 16.9. The summed E-state index contributed by atoms with van der Waals surface area (Å²) in [5, 5.41) is 16.2. The maximum Gasteiger partial charge on any atom is 0.204 e. The number of hydrogen-bond donors (Lipinski definition) is 3. The number of nitrogens with two attached hydrogens (primary N) is 1. The van der Waals surface area contributed by atoms with Crippen molar-refractivity contribution in [3.8, 4) is 11.5 Å². The molecule has 0 spiro atoms. The van der Waals surface area contributed by atoms with Gasteiger partial charge in [0.25, 0.3) is 0 Å². The van der Waals surface area contributed by atoms with Gasteiger partial charge in [0.1, 0.15) is 17.2 Å². The molecule has 1 amide bonds. The number of aromatic nitrogens is 4. The number of ketones is 1. The molecule has 11 heteroatoms. The van der Waals surface area contributed by atoms with Gasteiger partial charge in [0, 0.05) is 18.5 Å². The third-order valence-corrected chi connectivity index (χ3v) is 4.05. The lowest BCUT2D eigenvalue weighted by atomic mass is 10.2. The fourth-order valence-electron chi connectivity index (χ4n) is 2.59. The number of primary amides is 1. The highest BCUT2D eigenvalue weighted by Gasteiger charge is 2.18. The minimum atomic E-state index is -0.679. The van der Waals surface area contributed by atoms with Crippen LogP contribution in [0.2, 0.25) is 0 Å². The molecule has 164 valence electrons. The summed E-state index contributed by atoms with van der Waals surface area (Å²) in [6, 6.07) is 7.27. The Morgan fingerprint density at radius 1 is 1.32 bits per heavy atom. The third kappa shape index (κ3) is 6.12. The van der Waals surface area contributed by atoms with Crippen molar-refractivity contribution in [2.75, 3.05) is 11.9 Å². The van der Waals surface area contributed by atoms with E-state index in [0.717, 1.165) is 6.20 Å². The normalized spacial score (nSPS) is 11.3. The molecule has 0 saturated heterocycles. The molecule has 0 bridgehead atoms. The second kappa shape index (κ2) is 10.9. The largest absolute Gasteiger partial charge is 0.394 e. The molecular formula is C20H22F2N6O3. The highest BCUT2D eigenvalue weighted by atomic mass is 19.1. The second-order valence-corrected chi connectivity index (χ2v) is 6.47. The second-order valence-electron chi connectivity index (χ2n) is 6.47. The Kier molecular flexibility index (Phi) is 8.26. The number of hydrogen-bond acceptors (Lipinski definition) is 7. The van der Waals surface area contributed by atoms with Crippen LogP contribution in [-0.4, -0.2) is 49.7 Å². The van der Waals surface area contributed by atoms with Crippen molar-refractivity contribution in [1.29, 1.82) is 0 Å². The van der Waals surface area contributed by atoms with Gasteiger partial charge in [-0.1, -0.05) is 18.2 Å². The quantitative estimate of drug-likeness (QED) is 0.382. The summed E-state index contributed by atoms with van der Waals surface area (Å²) >= 11 is 0. The van der Waals surface area contributed by atoms with Gasteiger partial charge in [0.15, 0.2) is 23.2 Å². The lowest BCUT2D eigenvalue weighted by Crippen LogP contribution is -2.21. The summed E-state index contributed by atoms with van der Waals surface area (Å²) in [7, 11) is 0. The Hall–Kier alpha value is -3.73. The van der Waals surface area contributed by atoms with Crippen LogP contribution in [0.25, 0.3) is 11.5 Å². The van der Waals surface area contributed by atoms with Crippen LogP contribution in [0.15, 0.2) is 36.5 Å². The summed E-state index contributed by atoms with van der Waals surface area (Å²) in [5.74, 6) is -1.33. The van der Waals surface area contributed by atoms with Crippen molar-refractivity contribution in [1.82, 2.24) is 19.7 Å². The van der Waals surface area contributed by atoms with E-state index >= 15 is 0 Å². The third-order valence-electron chi connectivity index (χ3n) is 4.05. The van der Waals surface area contributed by atoms with Crippen LogP contribution in [0.5, 0.6) is 0 Å². The van der Waals surface area contributed by atoms with Gasteiger partial charge < -0.3 is 16.2 Å². The summed E-state index contributed by atoms with van der Waals surface area (Å²) in [5.41, 5.74) is 5.05. The van der Waals surface area contributed by atoms with Crippen LogP contribution in [0, 0.1) is 11.6 Å². The molecule has 3 rings (SSSR count). The van der Waals surface area contributed by atoms with Crippen LogP contribution in [0.1, 0.15) is 29.9 Å². The van der Waals surface area contributed by atoms with E-state index in [1.165, 1.54) is 23.7 Å². The number of nitrogens with zero attached hydrogens (tertiary/aromatic N) is 4. The predicted octanol–water partition coefficient (Wildman–Crippen LogP) is 1.76. The molecule has 0 fully saturated rings. The number of benzene rings is 1. The van der Waals surface area contributed by atoms with Gasteiger partial charge in [-0.2, -0.15) is 5.10 Å². The van der Waals surface area contributed by atoms with Crippen molar-refractivity contribution in [3.05, 3.63) is 59.4 Å². The van der Waals surface area contributed by atoms with Gasteiger partial charge >= 0.3 is 0 Å². The van der Waals surface area contributed by atoms with Gasteiger partial charge in [-0.3, -0.25) is 14.3 Å². The number of carbonyl (C=O) groups is 2. The van der Waals surface area contributed by atoms with E-state index in [4.69, 9.17) is 9.90 Å². The first-order valence-electron chi connectivity index (χ1n) is 9.18. The Bertz CT molecular complexity index is 1060. The van der Waals surface area contributed by atoms with Gasteiger partial charge in [0.2, 0.25) is 6.41 Å². The van der Waals surface area contributed by atoms with E-state index < -0.39 is 17.7 Å². The number of aliphatic hydroxyl groups is 1. The minimum Gasteiger partial charge on any atom is -0.394 e. The number of aliphatic hydroxyl groups excluding tert-OH is 1. The van der Waals surface area contributed by atoms with E-state index in [0.29, 0.717) is 5.56 Å². The van der Waals surface area contributed by atoms with Crippen molar-refractivity contribution in [2.24, 2.45) is 5.73 Å². The number of carbonyl (C=O) groups excluding carboxylic acids is 2. The molecule has 0 aliphatic rings. The Balaban J connectivity index is 0.00000107. The molecule has 1 aromatic carbocycles. The average Bonchev–Trinajstić information content (AvgIpc) is 3.16. The molecule has 1 unspecified atom stereocenters. The summed E-state index contributed by atoms with van der Waals surface area (Å²) in [6.07, 6.45) is 1.23. The van der Waals surface area contributed by atoms with Crippen molar-refractivity contribution < 1.29 is 23.5 Å². The van der Waals surface area contributed by atoms with Gasteiger partial charge in [-0.25, -0.2) is 18.7 Å². The first-order valence-corrected chi connectivity index (χ1v) is 9.18. The molecule has 4 N–H and O–H groups in total. The number of nitrogens with one attached hydrogen (secondary N) is 1. The maximum absolute atomic E-state index is 14.0. The number of anilines is 1. The highest BCUT2D eigenvalue weighted by molar-refractivity contribution is 5.93. The standard InChI is InChI=1S/C19H19F2N5O2.CH3NO/c1-11(10-27)23-18-15(21)8-22-19(24-18)16-7-17(12(2)28)26(25-16)9-13-5-3-4-6-14(13)20;2-1-3/h3-8,11,27H,9-10H2,1-2H3,(H,22,23,24);1H,(H2,2,3). The molecule has 1 atom stereocenters. The lowest BCUT2D eigenvalue weighted by Gasteiger charge is -2.12. The molecule has 3 aromatic rings. The Labute approximate surface area is 176 Å². The zero-order valence-corrected chi connectivity index (χ0v) is 16.9. The first-order chi connectivity index (χ1) is 14.8. The molecule has 0 radical (unpaired) electrons. The lowest BCUT2D eigenvalue weighted by molar-refractivity contribution is -0.106. The van der Waals surface area contributed by atoms with E-state index in [2.05, 4.69) is 26.1 Å². The van der Waals surface area contributed by atoms with Crippen molar-refractivity contribution >= 4 is 18.0 Å². The van der Waals surface area contributed by atoms with Gasteiger partial charge in [0.05, 0.1) is 19.3 Å². The summed E-state index contributed by atoms with van der Waals surface area (Å²) in [4.78, 5) is 28.6. The molecule has 2 heterocycles. The topological polar surface area (TPSA) is 136 Å². The van der Waals surface area contributed by atoms with Crippen LogP contribution < -0.4 is 11.1 Å². The molecule has 0 saturated carbocycles. The molecular weight excluding hydrogens is 410 g/mol. The molecule has 2 aromatic heterocycles. The number of Topliss-reactive ketones (excluding diaryl/α,β-unsaturated/α-hetero) is 1. The van der Waals surface area contributed by atoms with Crippen LogP contribution in [0.4, 0.5) is 14.6 Å². The number of rotatable bonds is 7. The number of halogens is 2. The van der Waals surface area contributed by atoms with Crippen LogP contribution >= 0.6 is 0 Å². The Morgan fingerprint density at radius 2 is 2.00 bits per heavy atom. The van der Waals surface area contributed by atoms with Crippen LogP contribution in [-0.2, 0) is 11.3 Å². The minimum absolute atomic E-state index is 0.0510. The average molecular weight is 432 g/mol.